The van der Waals surface area contributed by atoms with Crippen molar-refractivity contribution in [3.63, 3.8) is 0 Å². The molecule has 2 aliphatic carbocycles. The molecule has 2 fully saturated rings. The van der Waals surface area contributed by atoms with E-state index in [4.69, 9.17) is 5.10 Å². The van der Waals surface area contributed by atoms with Gasteiger partial charge in [-0.3, -0.25) is 4.79 Å². The van der Waals surface area contributed by atoms with Crippen LogP contribution in [0.5, 0.6) is 0 Å². The molecule has 2 aromatic heterocycles. The van der Waals surface area contributed by atoms with Crippen molar-refractivity contribution >= 4 is 27.0 Å². The molecule has 5 nitrogen and oxygen atoms in total. The van der Waals surface area contributed by atoms with Gasteiger partial charge in [-0.25, -0.2) is 9.67 Å². The lowest BCUT2D eigenvalue weighted by atomic mass is 10.0. The number of hydrogen-bond acceptors (Lipinski definition) is 3. The Bertz CT molecular complexity index is 1070. The van der Waals surface area contributed by atoms with Gasteiger partial charge in [-0.15, -0.1) is 5.10 Å². The van der Waals surface area contributed by atoms with Crippen LogP contribution in [0.2, 0.25) is 0 Å². The minimum Gasteiger partial charge on any atom is -0.310 e. The molecule has 5 rings (SSSR count). The van der Waals surface area contributed by atoms with Crippen LogP contribution in [0.4, 0.5) is 0 Å². The molecule has 26 heavy (non-hydrogen) atoms. The number of aromatic nitrogens is 4. The van der Waals surface area contributed by atoms with Crippen molar-refractivity contribution in [2.75, 3.05) is 0 Å². The molecular formula is C20H21BrN4O. The van der Waals surface area contributed by atoms with Crippen LogP contribution in [0.1, 0.15) is 65.7 Å². The van der Waals surface area contributed by atoms with Crippen molar-refractivity contribution in [2.24, 2.45) is 0 Å². The van der Waals surface area contributed by atoms with E-state index in [0.717, 1.165) is 36.0 Å². The second kappa shape index (κ2) is 5.78. The van der Waals surface area contributed by atoms with E-state index in [2.05, 4.69) is 51.9 Å². The minimum atomic E-state index is -0.0810. The highest BCUT2D eigenvalue weighted by Crippen LogP contribution is 2.42. The molecule has 0 bridgehead atoms. The summed E-state index contributed by atoms with van der Waals surface area (Å²) < 4.78 is 1.92. The third kappa shape index (κ3) is 2.54. The fourth-order valence-corrected chi connectivity index (χ4v) is 4.42. The van der Waals surface area contributed by atoms with Crippen molar-refractivity contribution in [3.8, 4) is 5.69 Å². The molecule has 0 radical (unpaired) electrons. The van der Waals surface area contributed by atoms with Gasteiger partial charge in [0, 0.05) is 11.2 Å². The SMILES string of the molecule is Cc1cc(C2CC2)cc(C)c1-n1nc2nc(C3CC3)[nH]c(=O)c2c1CBr. The standard InChI is InChI=1S/C20H21BrN4O/c1-10-7-14(12-3-4-12)8-11(2)17(10)25-15(9-21)16-19(24-25)22-18(13-5-6-13)23-20(16)26/h7-8,12-13H,3-6,9H2,1-2H3,(H,22,23,24,26). The number of aromatic amines is 1. The Balaban J connectivity index is 1.74. The van der Waals surface area contributed by atoms with E-state index in [1.54, 1.807) is 0 Å². The average Bonchev–Trinajstić information content (AvgIpc) is 3.50. The number of nitrogens with zero attached hydrogens (tertiary/aromatic N) is 3. The van der Waals surface area contributed by atoms with Gasteiger partial charge in [0.2, 0.25) is 0 Å². The van der Waals surface area contributed by atoms with Crippen LogP contribution in [0.15, 0.2) is 16.9 Å². The van der Waals surface area contributed by atoms with Crippen LogP contribution < -0.4 is 5.56 Å². The summed E-state index contributed by atoms with van der Waals surface area (Å²) in [4.78, 5) is 20.3. The third-order valence-corrected chi connectivity index (χ3v) is 6.05. The molecule has 134 valence electrons. The largest absolute Gasteiger partial charge is 0.310 e. The zero-order valence-corrected chi connectivity index (χ0v) is 16.6. The van der Waals surface area contributed by atoms with Crippen molar-refractivity contribution in [1.82, 2.24) is 19.7 Å². The Morgan fingerprint density at radius 2 is 1.81 bits per heavy atom. The van der Waals surface area contributed by atoms with Gasteiger partial charge < -0.3 is 4.98 Å². The van der Waals surface area contributed by atoms with Crippen LogP contribution >= 0.6 is 15.9 Å². The molecule has 1 N–H and O–H groups in total. The minimum absolute atomic E-state index is 0.0810. The molecular weight excluding hydrogens is 392 g/mol. The molecule has 0 unspecified atom stereocenters. The van der Waals surface area contributed by atoms with E-state index in [1.807, 2.05) is 4.68 Å². The van der Waals surface area contributed by atoms with Crippen molar-refractivity contribution < 1.29 is 0 Å². The summed E-state index contributed by atoms with van der Waals surface area (Å²) in [6, 6.07) is 4.55. The van der Waals surface area contributed by atoms with Crippen LogP contribution in [0.25, 0.3) is 16.7 Å². The summed E-state index contributed by atoms with van der Waals surface area (Å²) in [6.07, 6.45) is 4.78. The van der Waals surface area contributed by atoms with Gasteiger partial charge in [0.1, 0.15) is 11.2 Å². The highest BCUT2D eigenvalue weighted by Gasteiger charge is 2.29. The number of fused-ring (bicyclic) bond motifs is 1. The van der Waals surface area contributed by atoms with Gasteiger partial charge in [0.05, 0.1) is 11.4 Å². The fourth-order valence-electron chi connectivity index (χ4n) is 3.91. The van der Waals surface area contributed by atoms with Crippen molar-refractivity contribution in [1.29, 1.82) is 0 Å². The molecule has 0 spiro atoms. The van der Waals surface area contributed by atoms with E-state index in [-0.39, 0.29) is 5.56 Å². The average molecular weight is 413 g/mol. The van der Waals surface area contributed by atoms with Gasteiger partial charge in [-0.1, -0.05) is 28.1 Å². The zero-order chi connectivity index (χ0) is 18.0. The Morgan fingerprint density at radius 1 is 1.15 bits per heavy atom. The number of H-pyrrole nitrogens is 1. The Kier molecular flexibility index (Phi) is 3.61. The first-order valence-electron chi connectivity index (χ1n) is 9.26. The molecule has 2 aliphatic rings. The number of halogens is 1. The highest BCUT2D eigenvalue weighted by atomic mass is 79.9. The second-order valence-electron chi connectivity index (χ2n) is 7.69. The first kappa shape index (κ1) is 16.2. The normalized spacial score (nSPS) is 17.2. The summed E-state index contributed by atoms with van der Waals surface area (Å²) in [5.41, 5.74) is 6.21. The van der Waals surface area contributed by atoms with E-state index in [1.165, 1.54) is 29.5 Å². The number of rotatable bonds is 4. The summed E-state index contributed by atoms with van der Waals surface area (Å²) in [6.45, 7) is 4.26. The van der Waals surface area contributed by atoms with E-state index in [0.29, 0.717) is 22.3 Å². The summed E-state index contributed by atoms with van der Waals surface area (Å²) in [5, 5.41) is 5.90. The lowest BCUT2D eigenvalue weighted by molar-refractivity contribution is 0.833. The van der Waals surface area contributed by atoms with E-state index < -0.39 is 0 Å². The van der Waals surface area contributed by atoms with Crippen LogP contribution in [0.3, 0.4) is 0 Å². The Hall–Kier alpha value is -1.95. The molecule has 0 aliphatic heterocycles. The monoisotopic (exact) mass is 412 g/mol. The predicted octanol–water partition coefficient (Wildman–Crippen LogP) is 4.38. The first-order chi connectivity index (χ1) is 12.6. The third-order valence-electron chi connectivity index (χ3n) is 5.52. The maximum Gasteiger partial charge on any atom is 0.262 e. The van der Waals surface area contributed by atoms with Crippen molar-refractivity contribution in [2.45, 2.75) is 56.7 Å². The zero-order valence-electron chi connectivity index (χ0n) is 15.0. The molecule has 6 heteroatoms. The summed E-state index contributed by atoms with van der Waals surface area (Å²) >= 11 is 3.56. The number of aryl methyl sites for hydroxylation is 2. The highest BCUT2D eigenvalue weighted by molar-refractivity contribution is 9.08. The topological polar surface area (TPSA) is 63.6 Å². The molecule has 3 aromatic rings. The maximum atomic E-state index is 12.7. The molecule has 0 atom stereocenters. The lowest BCUT2D eigenvalue weighted by Crippen LogP contribution is -2.12. The molecule has 2 heterocycles. The number of alkyl halides is 1. The lowest BCUT2D eigenvalue weighted by Gasteiger charge is -2.14. The predicted molar refractivity (Wildman–Crippen MR) is 106 cm³/mol. The van der Waals surface area contributed by atoms with Gasteiger partial charge in [-0.05, 0) is 62.1 Å². The quantitative estimate of drug-likeness (QED) is 0.646. The van der Waals surface area contributed by atoms with Crippen LogP contribution in [0, 0.1) is 13.8 Å². The van der Waals surface area contributed by atoms with E-state index in [9.17, 15) is 4.79 Å². The van der Waals surface area contributed by atoms with Gasteiger partial charge >= 0.3 is 0 Å². The molecule has 2 saturated carbocycles. The van der Waals surface area contributed by atoms with E-state index >= 15 is 0 Å². The van der Waals surface area contributed by atoms with Crippen LogP contribution in [-0.2, 0) is 5.33 Å². The van der Waals surface area contributed by atoms with Crippen LogP contribution in [-0.4, -0.2) is 19.7 Å². The molecule has 0 amide bonds. The second-order valence-corrected chi connectivity index (χ2v) is 8.25. The Morgan fingerprint density at radius 3 is 2.38 bits per heavy atom. The Labute approximate surface area is 160 Å². The van der Waals surface area contributed by atoms with Gasteiger partial charge in [0.15, 0.2) is 5.65 Å². The molecule has 0 saturated heterocycles. The number of benzene rings is 1. The van der Waals surface area contributed by atoms with Gasteiger partial charge in [0.25, 0.3) is 5.56 Å². The molecule has 1 aromatic carbocycles. The smallest absolute Gasteiger partial charge is 0.262 e. The number of hydrogen-bond donors (Lipinski definition) is 1. The number of nitrogens with one attached hydrogen (secondary N) is 1. The van der Waals surface area contributed by atoms with Crippen molar-refractivity contribution in [3.05, 3.63) is 50.7 Å². The summed E-state index contributed by atoms with van der Waals surface area (Å²) in [7, 11) is 0. The van der Waals surface area contributed by atoms with Gasteiger partial charge in [-0.2, -0.15) is 0 Å². The maximum absolute atomic E-state index is 12.7. The fraction of sp³-hybridized carbons (Fsp3) is 0.450. The summed E-state index contributed by atoms with van der Waals surface area (Å²) in [5.74, 6) is 1.90. The first-order valence-corrected chi connectivity index (χ1v) is 10.4.